The largest absolute Gasteiger partial charge is 0.497 e. The van der Waals surface area contributed by atoms with E-state index in [1.165, 1.54) is 0 Å². The van der Waals surface area contributed by atoms with Crippen molar-refractivity contribution in [3.05, 3.63) is 46.3 Å². The standard InChI is InChI=1S/C15H15NO4/c1-19-12-5-3-11(4-6-12)16-13-7-2-10(9-17)8-14(13)20-15(16)18/h3-6,9-10H,2,7-8H2,1H3. The number of ether oxygens (including phenoxy) is 1. The molecule has 0 amide bonds. The molecule has 0 spiro atoms. The van der Waals surface area contributed by atoms with E-state index in [1.807, 2.05) is 12.1 Å². The SMILES string of the molecule is COc1ccc(-n2c3c(oc2=O)CC(C=O)CC3)cc1. The van der Waals surface area contributed by atoms with Gasteiger partial charge in [0.1, 0.15) is 17.8 Å². The van der Waals surface area contributed by atoms with Gasteiger partial charge in [-0.1, -0.05) is 0 Å². The van der Waals surface area contributed by atoms with Crippen LogP contribution in [0, 0.1) is 5.92 Å². The molecule has 0 bridgehead atoms. The Hall–Kier alpha value is -2.30. The average molecular weight is 273 g/mol. The minimum atomic E-state index is -0.397. The second kappa shape index (κ2) is 5.00. The third-order valence-corrected chi connectivity index (χ3v) is 3.71. The first-order chi connectivity index (χ1) is 9.72. The molecule has 0 aliphatic heterocycles. The van der Waals surface area contributed by atoms with Crippen molar-refractivity contribution >= 4 is 6.29 Å². The number of hydrogen-bond donors (Lipinski definition) is 0. The topological polar surface area (TPSA) is 61.4 Å². The summed E-state index contributed by atoms with van der Waals surface area (Å²) in [5, 5.41) is 0. The number of aromatic nitrogens is 1. The van der Waals surface area contributed by atoms with Crippen molar-refractivity contribution in [2.24, 2.45) is 5.92 Å². The van der Waals surface area contributed by atoms with Gasteiger partial charge in [-0.25, -0.2) is 9.36 Å². The number of carbonyl (C=O) groups is 1. The zero-order valence-corrected chi connectivity index (χ0v) is 11.2. The van der Waals surface area contributed by atoms with E-state index in [9.17, 15) is 9.59 Å². The Morgan fingerprint density at radius 2 is 2.10 bits per heavy atom. The van der Waals surface area contributed by atoms with Crippen LogP contribution in [0.25, 0.3) is 5.69 Å². The van der Waals surface area contributed by atoms with Gasteiger partial charge in [-0.05, 0) is 37.1 Å². The number of aldehydes is 1. The Kier molecular flexibility index (Phi) is 3.18. The number of fused-ring (bicyclic) bond motifs is 1. The number of oxazole rings is 1. The van der Waals surface area contributed by atoms with Gasteiger partial charge in [0.25, 0.3) is 0 Å². The molecule has 0 fully saturated rings. The van der Waals surface area contributed by atoms with Crippen molar-refractivity contribution in [1.29, 1.82) is 0 Å². The van der Waals surface area contributed by atoms with Crippen LogP contribution in [-0.2, 0) is 17.6 Å². The maximum Gasteiger partial charge on any atom is 0.424 e. The summed E-state index contributed by atoms with van der Waals surface area (Å²) in [7, 11) is 1.60. The highest BCUT2D eigenvalue weighted by atomic mass is 16.5. The van der Waals surface area contributed by atoms with E-state index in [0.717, 1.165) is 29.8 Å². The number of hydrogen-bond acceptors (Lipinski definition) is 4. The maximum atomic E-state index is 12.0. The first-order valence-corrected chi connectivity index (χ1v) is 6.56. The molecule has 1 aromatic heterocycles. The van der Waals surface area contributed by atoms with Crippen LogP contribution in [0.3, 0.4) is 0 Å². The molecule has 0 saturated heterocycles. The van der Waals surface area contributed by atoms with Crippen molar-refractivity contribution in [3.63, 3.8) is 0 Å². The van der Waals surface area contributed by atoms with Crippen LogP contribution in [0.2, 0.25) is 0 Å². The van der Waals surface area contributed by atoms with E-state index in [1.54, 1.807) is 23.8 Å². The summed E-state index contributed by atoms with van der Waals surface area (Å²) in [5.41, 5.74) is 1.63. The zero-order valence-electron chi connectivity index (χ0n) is 11.2. The molecular formula is C15H15NO4. The number of rotatable bonds is 3. The molecule has 1 aromatic carbocycles. The summed E-state index contributed by atoms with van der Waals surface area (Å²) in [5.74, 6) is 0.929. The fourth-order valence-corrected chi connectivity index (χ4v) is 2.63. The summed E-state index contributed by atoms with van der Waals surface area (Å²) in [6.07, 6.45) is 2.88. The van der Waals surface area contributed by atoms with E-state index in [-0.39, 0.29) is 5.92 Å². The fourth-order valence-electron chi connectivity index (χ4n) is 2.63. The molecular weight excluding hydrogens is 258 g/mol. The van der Waals surface area contributed by atoms with Gasteiger partial charge < -0.3 is 13.9 Å². The molecule has 1 unspecified atom stereocenters. The number of nitrogens with zero attached hydrogens (tertiary/aromatic N) is 1. The molecule has 3 rings (SSSR count). The lowest BCUT2D eigenvalue weighted by Crippen LogP contribution is -2.19. The van der Waals surface area contributed by atoms with Crippen molar-refractivity contribution < 1.29 is 13.9 Å². The smallest absolute Gasteiger partial charge is 0.424 e. The number of carbonyl (C=O) groups excluding carboxylic acids is 1. The van der Waals surface area contributed by atoms with Crippen LogP contribution in [0.4, 0.5) is 0 Å². The Morgan fingerprint density at radius 3 is 2.75 bits per heavy atom. The molecule has 104 valence electrons. The maximum absolute atomic E-state index is 12.0. The first-order valence-electron chi connectivity index (χ1n) is 6.56. The lowest BCUT2D eigenvalue weighted by atomic mass is 9.91. The lowest BCUT2D eigenvalue weighted by Gasteiger charge is -2.16. The minimum absolute atomic E-state index is 0.0441. The summed E-state index contributed by atoms with van der Waals surface area (Å²) in [6.45, 7) is 0. The van der Waals surface area contributed by atoms with Crippen LogP contribution in [0.15, 0.2) is 33.5 Å². The lowest BCUT2D eigenvalue weighted by molar-refractivity contribution is -0.111. The molecule has 1 atom stereocenters. The predicted octanol–water partition coefficient (Wildman–Crippen LogP) is 1.74. The summed E-state index contributed by atoms with van der Waals surface area (Å²) >= 11 is 0. The van der Waals surface area contributed by atoms with Crippen molar-refractivity contribution in [3.8, 4) is 11.4 Å². The second-order valence-electron chi connectivity index (χ2n) is 4.91. The van der Waals surface area contributed by atoms with E-state index in [4.69, 9.17) is 9.15 Å². The molecule has 5 heteroatoms. The Labute approximate surface area is 115 Å². The van der Waals surface area contributed by atoms with Gasteiger partial charge in [0.2, 0.25) is 0 Å². The molecule has 1 aliphatic carbocycles. The quantitative estimate of drug-likeness (QED) is 0.799. The molecule has 1 heterocycles. The van der Waals surface area contributed by atoms with Gasteiger partial charge in [0, 0.05) is 12.3 Å². The predicted molar refractivity (Wildman–Crippen MR) is 72.4 cm³/mol. The average Bonchev–Trinajstić information content (AvgIpc) is 2.82. The van der Waals surface area contributed by atoms with Gasteiger partial charge >= 0.3 is 5.76 Å². The third-order valence-electron chi connectivity index (χ3n) is 3.71. The van der Waals surface area contributed by atoms with Gasteiger partial charge in [0.05, 0.1) is 18.5 Å². The molecule has 0 saturated carbocycles. The Morgan fingerprint density at radius 1 is 1.35 bits per heavy atom. The summed E-state index contributed by atoms with van der Waals surface area (Å²) in [6, 6.07) is 7.25. The Balaban J connectivity index is 2.04. The minimum Gasteiger partial charge on any atom is -0.497 e. The van der Waals surface area contributed by atoms with Crippen LogP contribution < -0.4 is 10.5 Å². The summed E-state index contributed by atoms with van der Waals surface area (Å²) < 4.78 is 12.0. The number of benzene rings is 1. The normalized spacial score (nSPS) is 17.6. The molecule has 5 nitrogen and oxygen atoms in total. The van der Waals surface area contributed by atoms with Crippen molar-refractivity contribution in [1.82, 2.24) is 4.57 Å². The van der Waals surface area contributed by atoms with Crippen molar-refractivity contribution in [2.75, 3.05) is 7.11 Å². The van der Waals surface area contributed by atoms with E-state index < -0.39 is 5.76 Å². The molecule has 20 heavy (non-hydrogen) atoms. The van der Waals surface area contributed by atoms with Crippen LogP contribution >= 0.6 is 0 Å². The second-order valence-corrected chi connectivity index (χ2v) is 4.91. The van der Waals surface area contributed by atoms with Crippen molar-refractivity contribution in [2.45, 2.75) is 19.3 Å². The number of methoxy groups -OCH3 is 1. The Bertz CT molecular complexity index is 681. The monoisotopic (exact) mass is 273 g/mol. The third kappa shape index (κ3) is 2.05. The van der Waals surface area contributed by atoms with E-state index in [0.29, 0.717) is 18.6 Å². The molecule has 2 aromatic rings. The molecule has 1 aliphatic rings. The zero-order chi connectivity index (χ0) is 14.1. The van der Waals surface area contributed by atoms with Gasteiger partial charge in [0.15, 0.2) is 0 Å². The van der Waals surface area contributed by atoms with Crippen LogP contribution in [0.1, 0.15) is 17.9 Å². The van der Waals surface area contributed by atoms with Gasteiger partial charge in [-0.2, -0.15) is 0 Å². The van der Waals surface area contributed by atoms with Gasteiger partial charge in [-0.3, -0.25) is 0 Å². The highest BCUT2D eigenvalue weighted by molar-refractivity contribution is 5.55. The van der Waals surface area contributed by atoms with E-state index in [2.05, 4.69) is 0 Å². The van der Waals surface area contributed by atoms with Crippen LogP contribution in [0.5, 0.6) is 5.75 Å². The first kappa shape index (κ1) is 12.7. The van der Waals surface area contributed by atoms with Gasteiger partial charge in [-0.15, -0.1) is 0 Å². The van der Waals surface area contributed by atoms with Crippen LogP contribution in [-0.4, -0.2) is 18.0 Å². The van der Waals surface area contributed by atoms with E-state index >= 15 is 0 Å². The fraction of sp³-hybridized carbons (Fsp3) is 0.333. The highest BCUT2D eigenvalue weighted by Gasteiger charge is 2.26. The molecule has 0 N–H and O–H groups in total. The summed E-state index contributed by atoms with van der Waals surface area (Å²) in [4.78, 5) is 22.9. The highest BCUT2D eigenvalue weighted by Crippen LogP contribution is 2.26. The molecule has 0 radical (unpaired) electrons.